The van der Waals surface area contributed by atoms with E-state index in [0.717, 1.165) is 6.54 Å². The minimum Gasteiger partial charge on any atom is -0.313 e. The van der Waals surface area contributed by atoms with E-state index in [1.165, 1.54) is 29.7 Å². The Hall–Kier alpha value is -1.12. The molecule has 0 radical (unpaired) electrons. The zero-order valence-electron chi connectivity index (χ0n) is 12.5. The van der Waals surface area contributed by atoms with Gasteiger partial charge in [0.2, 0.25) is 0 Å². The molecular weight excluding hydrogens is 262 g/mol. The number of hydrogen-bond donors (Lipinski definition) is 1. The maximum Gasteiger partial charge on any atom is 0.0137 e. The molecule has 1 N–H and O–H groups in total. The molecule has 2 rings (SSSR count). The van der Waals surface area contributed by atoms with E-state index in [9.17, 15) is 0 Å². The van der Waals surface area contributed by atoms with E-state index in [2.05, 4.69) is 67.0 Å². The molecule has 0 saturated carbocycles. The zero-order chi connectivity index (χ0) is 14.2. The summed E-state index contributed by atoms with van der Waals surface area (Å²) in [5.41, 5.74) is 1.44. The highest BCUT2D eigenvalue weighted by molar-refractivity contribution is 7.09. The summed E-state index contributed by atoms with van der Waals surface area (Å²) >= 11 is 1.87. The molecule has 0 spiro atoms. The third kappa shape index (κ3) is 4.46. The number of aryl methyl sites for hydroxylation is 1. The molecule has 2 aromatic rings. The first-order chi connectivity index (χ1) is 9.81. The van der Waals surface area contributed by atoms with Crippen molar-refractivity contribution in [3.05, 3.63) is 58.3 Å². The Labute approximate surface area is 127 Å². The van der Waals surface area contributed by atoms with Crippen molar-refractivity contribution in [1.29, 1.82) is 0 Å². The summed E-state index contributed by atoms with van der Waals surface area (Å²) in [6.45, 7) is 5.68. The van der Waals surface area contributed by atoms with Crippen molar-refractivity contribution in [2.24, 2.45) is 0 Å². The number of benzene rings is 1. The third-order valence-corrected chi connectivity index (χ3v) is 4.80. The van der Waals surface area contributed by atoms with Crippen LogP contribution in [0.2, 0.25) is 0 Å². The molecular formula is C18H25NS. The Kier molecular flexibility index (Phi) is 6.28. The Morgan fingerprint density at radius 1 is 1.10 bits per heavy atom. The van der Waals surface area contributed by atoms with Gasteiger partial charge in [0.15, 0.2) is 0 Å². The molecule has 0 aliphatic heterocycles. The number of hydrogen-bond acceptors (Lipinski definition) is 2. The minimum atomic E-state index is 0.555. The summed E-state index contributed by atoms with van der Waals surface area (Å²) in [4.78, 5) is 1.49. The fourth-order valence-electron chi connectivity index (χ4n) is 2.60. The van der Waals surface area contributed by atoms with Crippen molar-refractivity contribution in [3.8, 4) is 0 Å². The molecule has 1 nitrogen and oxygen atoms in total. The standard InChI is InChI=1S/C18H25NS/c1-3-13-19-18(12-11-17-10-7-14-20-17)15(2)16-8-5-4-6-9-16/h4-10,14-15,18-19H,3,11-13H2,1-2H3. The highest BCUT2D eigenvalue weighted by Crippen LogP contribution is 2.23. The predicted octanol–water partition coefficient (Wildman–Crippen LogP) is 4.85. The van der Waals surface area contributed by atoms with Crippen LogP contribution in [-0.4, -0.2) is 12.6 Å². The molecule has 0 aliphatic carbocycles. The van der Waals surface area contributed by atoms with Crippen molar-refractivity contribution >= 4 is 11.3 Å². The molecule has 0 bridgehead atoms. The van der Waals surface area contributed by atoms with Gasteiger partial charge in [0, 0.05) is 10.9 Å². The molecule has 0 aliphatic rings. The quantitative estimate of drug-likeness (QED) is 0.731. The number of nitrogens with one attached hydrogen (secondary N) is 1. The highest BCUT2D eigenvalue weighted by atomic mass is 32.1. The van der Waals surface area contributed by atoms with Crippen LogP contribution in [0.5, 0.6) is 0 Å². The van der Waals surface area contributed by atoms with E-state index in [-0.39, 0.29) is 0 Å². The van der Waals surface area contributed by atoms with E-state index in [1.54, 1.807) is 0 Å². The summed E-state index contributed by atoms with van der Waals surface area (Å²) in [6.07, 6.45) is 3.57. The Morgan fingerprint density at radius 2 is 1.90 bits per heavy atom. The lowest BCUT2D eigenvalue weighted by Crippen LogP contribution is -2.34. The number of thiophene rings is 1. The Balaban J connectivity index is 1.98. The Bertz CT molecular complexity index is 463. The molecule has 20 heavy (non-hydrogen) atoms. The van der Waals surface area contributed by atoms with Crippen LogP contribution >= 0.6 is 11.3 Å². The van der Waals surface area contributed by atoms with Crippen molar-refractivity contribution < 1.29 is 0 Å². The van der Waals surface area contributed by atoms with Crippen molar-refractivity contribution in [2.75, 3.05) is 6.54 Å². The van der Waals surface area contributed by atoms with Gasteiger partial charge in [-0.1, -0.05) is 50.2 Å². The second-order valence-electron chi connectivity index (χ2n) is 5.38. The summed E-state index contributed by atoms with van der Waals surface area (Å²) < 4.78 is 0. The van der Waals surface area contributed by atoms with Crippen LogP contribution in [0.1, 0.15) is 43.0 Å². The van der Waals surface area contributed by atoms with Crippen LogP contribution in [-0.2, 0) is 6.42 Å². The predicted molar refractivity (Wildman–Crippen MR) is 89.6 cm³/mol. The van der Waals surface area contributed by atoms with E-state index in [4.69, 9.17) is 0 Å². The van der Waals surface area contributed by atoms with E-state index in [0.29, 0.717) is 12.0 Å². The van der Waals surface area contributed by atoms with Crippen molar-refractivity contribution in [1.82, 2.24) is 5.32 Å². The molecule has 0 amide bonds. The molecule has 2 atom stereocenters. The fourth-order valence-corrected chi connectivity index (χ4v) is 3.32. The number of rotatable bonds is 8. The molecule has 1 aromatic heterocycles. The third-order valence-electron chi connectivity index (χ3n) is 3.87. The molecule has 0 saturated heterocycles. The lowest BCUT2D eigenvalue weighted by atomic mass is 9.90. The molecule has 1 aromatic carbocycles. The van der Waals surface area contributed by atoms with E-state index in [1.807, 2.05) is 11.3 Å². The largest absolute Gasteiger partial charge is 0.313 e. The molecule has 0 fully saturated rings. The first-order valence-electron chi connectivity index (χ1n) is 7.62. The lowest BCUT2D eigenvalue weighted by molar-refractivity contribution is 0.425. The smallest absolute Gasteiger partial charge is 0.0137 e. The van der Waals surface area contributed by atoms with Crippen LogP contribution in [0.4, 0.5) is 0 Å². The molecule has 108 valence electrons. The summed E-state index contributed by atoms with van der Waals surface area (Å²) in [7, 11) is 0. The van der Waals surface area contributed by atoms with Crippen LogP contribution in [0.25, 0.3) is 0 Å². The van der Waals surface area contributed by atoms with Crippen molar-refractivity contribution in [3.63, 3.8) is 0 Å². The van der Waals surface area contributed by atoms with E-state index < -0.39 is 0 Å². The maximum atomic E-state index is 3.73. The zero-order valence-corrected chi connectivity index (χ0v) is 13.3. The Morgan fingerprint density at radius 3 is 2.55 bits per heavy atom. The van der Waals surface area contributed by atoms with Gasteiger partial charge < -0.3 is 5.32 Å². The summed E-state index contributed by atoms with van der Waals surface area (Å²) in [5, 5.41) is 5.91. The van der Waals surface area contributed by atoms with Gasteiger partial charge in [0.05, 0.1) is 0 Å². The molecule has 2 unspecified atom stereocenters. The second-order valence-corrected chi connectivity index (χ2v) is 6.41. The van der Waals surface area contributed by atoms with Gasteiger partial charge in [0.1, 0.15) is 0 Å². The average Bonchev–Trinajstić information content (AvgIpc) is 3.01. The topological polar surface area (TPSA) is 12.0 Å². The monoisotopic (exact) mass is 287 g/mol. The van der Waals surface area contributed by atoms with Gasteiger partial charge in [-0.25, -0.2) is 0 Å². The SMILES string of the molecule is CCCNC(CCc1cccs1)C(C)c1ccccc1. The van der Waals surface area contributed by atoms with Crippen LogP contribution in [0.15, 0.2) is 47.8 Å². The van der Waals surface area contributed by atoms with Gasteiger partial charge in [-0.3, -0.25) is 0 Å². The first kappa shape index (κ1) is 15.3. The van der Waals surface area contributed by atoms with Gasteiger partial charge in [-0.05, 0) is 48.7 Å². The average molecular weight is 287 g/mol. The highest BCUT2D eigenvalue weighted by Gasteiger charge is 2.18. The summed E-state index contributed by atoms with van der Waals surface area (Å²) in [5.74, 6) is 0.558. The van der Waals surface area contributed by atoms with Crippen molar-refractivity contribution in [2.45, 2.75) is 45.1 Å². The van der Waals surface area contributed by atoms with Crippen LogP contribution < -0.4 is 5.32 Å². The van der Waals surface area contributed by atoms with Crippen LogP contribution in [0, 0.1) is 0 Å². The maximum absolute atomic E-state index is 3.73. The molecule has 2 heteroatoms. The van der Waals surface area contributed by atoms with Gasteiger partial charge >= 0.3 is 0 Å². The first-order valence-corrected chi connectivity index (χ1v) is 8.50. The minimum absolute atomic E-state index is 0.555. The second kappa shape index (κ2) is 8.23. The van der Waals surface area contributed by atoms with E-state index >= 15 is 0 Å². The normalized spacial score (nSPS) is 14.1. The molecule has 1 heterocycles. The lowest BCUT2D eigenvalue weighted by Gasteiger charge is -2.25. The van der Waals surface area contributed by atoms with Gasteiger partial charge in [-0.2, -0.15) is 0 Å². The van der Waals surface area contributed by atoms with Crippen LogP contribution in [0.3, 0.4) is 0 Å². The van der Waals surface area contributed by atoms with Gasteiger partial charge in [-0.15, -0.1) is 11.3 Å². The fraction of sp³-hybridized carbons (Fsp3) is 0.444. The van der Waals surface area contributed by atoms with Gasteiger partial charge in [0.25, 0.3) is 0 Å². The summed E-state index contributed by atoms with van der Waals surface area (Å²) in [6, 6.07) is 15.8.